The Morgan fingerprint density at radius 3 is 1.22 bits per heavy atom. The molecule has 0 radical (unpaired) electrons. The SMILES string of the molecule is Cc1cc(C)c2c(c1)sc1c(C(C)(C)C)c(C)c3ccccc3c12.Cc1cc2c(C(C)(C)C)c(C)c3ccccc3c2o1.Cc1cc2c(o1)c(C(C)(C)C)c(C)c1c(C)c(C)oc12.Cc1cc2c(o1)c(C(C)(C)C)c(C)c1ccccc12.Cc1ccc2c(n1)oc1c(C(C)(C)C)c(C)c3ccccc3c12. The summed E-state index contributed by atoms with van der Waals surface area (Å²) in [6.07, 6.45) is 0. The van der Waals surface area contributed by atoms with Crippen LogP contribution in [0.15, 0.2) is 162 Å². The van der Waals surface area contributed by atoms with E-state index in [1.54, 1.807) is 0 Å². The molecule has 0 fully saturated rings. The first-order valence-corrected chi connectivity index (χ1v) is 38.3. The Bertz CT molecular complexity index is 6180. The number of pyridine rings is 1. The third-order valence-electron chi connectivity index (χ3n) is 21.6. The molecule has 0 bridgehead atoms. The summed E-state index contributed by atoms with van der Waals surface area (Å²) in [5, 5.41) is 20.5. The summed E-state index contributed by atoms with van der Waals surface area (Å²) in [7, 11) is 0. The van der Waals surface area contributed by atoms with E-state index in [4.69, 9.17) is 22.1 Å². The van der Waals surface area contributed by atoms with Gasteiger partial charge < -0.3 is 22.1 Å². The molecular weight excluding hydrogens is 1300 g/mol. The number of hydrogen-bond donors (Lipinski definition) is 0. The molecule has 0 aliphatic heterocycles. The van der Waals surface area contributed by atoms with E-state index in [0.717, 1.165) is 73.1 Å². The Kier molecular flexibility index (Phi) is 18.7. The van der Waals surface area contributed by atoms with E-state index in [1.807, 2.05) is 46.0 Å². The third-order valence-corrected chi connectivity index (χ3v) is 22.8. The zero-order valence-electron chi connectivity index (χ0n) is 67.7. The quantitative estimate of drug-likeness (QED) is 0.151. The maximum absolute atomic E-state index is 6.27. The Labute approximate surface area is 625 Å². The number of furan rings is 5. The van der Waals surface area contributed by atoms with Gasteiger partial charge in [-0.3, -0.25) is 0 Å². The maximum Gasteiger partial charge on any atom is 0.227 e. The van der Waals surface area contributed by atoms with Crippen molar-refractivity contribution in [3.05, 3.63) is 241 Å². The summed E-state index contributed by atoms with van der Waals surface area (Å²) in [6, 6.07) is 49.9. The molecule has 10 aromatic carbocycles. The summed E-state index contributed by atoms with van der Waals surface area (Å²) in [4.78, 5) is 4.61. The number of thiophene rings is 1. The molecule has 7 heterocycles. The number of aryl methyl sites for hydroxylation is 13. The van der Waals surface area contributed by atoms with E-state index in [1.165, 1.54) is 157 Å². The van der Waals surface area contributed by atoms with Gasteiger partial charge in [-0.05, 0) is 247 Å². The van der Waals surface area contributed by atoms with Crippen molar-refractivity contribution in [2.24, 2.45) is 0 Å². The van der Waals surface area contributed by atoms with Crippen molar-refractivity contribution >= 4 is 141 Å². The van der Waals surface area contributed by atoms with Crippen LogP contribution in [0.5, 0.6) is 0 Å². The van der Waals surface area contributed by atoms with Crippen LogP contribution in [-0.2, 0) is 27.1 Å². The molecule has 7 heteroatoms. The zero-order valence-corrected chi connectivity index (χ0v) is 68.5. The summed E-state index contributed by atoms with van der Waals surface area (Å²) in [5.74, 6) is 3.89. The molecule has 0 N–H and O–H groups in total. The topological polar surface area (TPSA) is 78.6 Å². The van der Waals surface area contributed by atoms with Gasteiger partial charge in [0.2, 0.25) is 5.71 Å². The molecule has 7 aromatic heterocycles. The van der Waals surface area contributed by atoms with Crippen molar-refractivity contribution in [2.75, 3.05) is 0 Å². The van der Waals surface area contributed by atoms with E-state index in [2.05, 4.69) is 304 Å². The van der Waals surface area contributed by atoms with Gasteiger partial charge in [-0.2, -0.15) is 0 Å². The molecule has 17 rings (SSSR count). The molecule has 0 unspecified atom stereocenters. The lowest BCUT2D eigenvalue weighted by molar-refractivity contribution is 0.539. The molecule has 0 amide bonds. The maximum atomic E-state index is 6.27. The summed E-state index contributed by atoms with van der Waals surface area (Å²) in [6.45, 7) is 61.8. The van der Waals surface area contributed by atoms with E-state index >= 15 is 0 Å². The van der Waals surface area contributed by atoms with Crippen LogP contribution in [-0.4, -0.2) is 4.98 Å². The number of aromatic nitrogens is 1. The average Bonchev–Trinajstić information content (AvgIpc) is 1.65. The van der Waals surface area contributed by atoms with Crippen LogP contribution in [0.4, 0.5) is 0 Å². The Morgan fingerprint density at radius 2 is 0.686 bits per heavy atom. The average molecular weight is 1410 g/mol. The molecule has 0 saturated heterocycles. The molecular formula is C98H107NO5S. The number of rotatable bonds is 0. The van der Waals surface area contributed by atoms with Crippen LogP contribution in [0.25, 0.3) is 129 Å². The van der Waals surface area contributed by atoms with Crippen LogP contribution in [0.2, 0.25) is 0 Å². The Balaban J connectivity index is 0.000000117. The smallest absolute Gasteiger partial charge is 0.227 e. The van der Waals surface area contributed by atoms with Crippen molar-refractivity contribution < 1.29 is 22.1 Å². The molecule has 0 aliphatic rings. The fourth-order valence-corrected chi connectivity index (χ4v) is 19.4. The Hall–Kier alpha value is -9.43. The van der Waals surface area contributed by atoms with Gasteiger partial charge in [0.25, 0.3) is 0 Å². The lowest BCUT2D eigenvalue weighted by atomic mass is 9.80. The molecule has 17 aromatic rings. The van der Waals surface area contributed by atoms with E-state index in [9.17, 15) is 0 Å². The molecule has 6 nitrogen and oxygen atoms in total. The Morgan fingerprint density at radius 1 is 0.276 bits per heavy atom. The van der Waals surface area contributed by atoms with Crippen LogP contribution in [0, 0.1) is 90.0 Å². The molecule has 105 heavy (non-hydrogen) atoms. The zero-order chi connectivity index (χ0) is 76.0. The first-order chi connectivity index (χ1) is 49.2. The summed E-state index contributed by atoms with van der Waals surface area (Å²) >= 11 is 1.97. The second-order valence-corrected chi connectivity index (χ2v) is 36.1. The highest BCUT2D eigenvalue weighted by atomic mass is 32.1. The fraction of sp³-hybridized carbons (Fsp3) is 0.337. The first kappa shape index (κ1) is 73.9. The predicted molar refractivity (Wildman–Crippen MR) is 454 cm³/mol. The van der Waals surface area contributed by atoms with Gasteiger partial charge in [-0.1, -0.05) is 207 Å². The first-order valence-electron chi connectivity index (χ1n) is 37.5. The fourth-order valence-electron chi connectivity index (χ4n) is 17.7. The van der Waals surface area contributed by atoms with Crippen molar-refractivity contribution in [2.45, 2.75) is 221 Å². The number of fused-ring (bicyclic) bond motifs is 19. The van der Waals surface area contributed by atoms with E-state index in [-0.39, 0.29) is 27.1 Å². The minimum Gasteiger partial charge on any atom is -0.461 e. The van der Waals surface area contributed by atoms with Crippen molar-refractivity contribution in [1.82, 2.24) is 4.98 Å². The molecule has 0 aliphatic carbocycles. The highest BCUT2D eigenvalue weighted by Gasteiger charge is 2.32. The number of nitrogens with zero attached hydrogens (tertiary/aromatic N) is 1. The second kappa shape index (κ2) is 26.6. The van der Waals surface area contributed by atoms with Crippen molar-refractivity contribution in [1.29, 1.82) is 0 Å². The highest BCUT2D eigenvalue weighted by Crippen LogP contribution is 2.50. The minimum absolute atomic E-state index is 0.00921. The van der Waals surface area contributed by atoms with Crippen molar-refractivity contribution in [3.63, 3.8) is 0 Å². The van der Waals surface area contributed by atoms with Crippen LogP contribution in [0.3, 0.4) is 0 Å². The largest absolute Gasteiger partial charge is 0.461 e. The van der Waals surface area contributed by atoms with Gasteiger partial charge in [-0.25, -0.2) is 4.98 Å². The second-order valence-electron chi connectivity index (χ2n) is 35.1. The monoisotopic (exact) mass is 1410 g/mol. The standard InChI is InChI=1S/C23H24S.C21H21NO.C18H22O2.2C18H20O/c1-13-11-14(2)19-18(12-13)24-22-20(19)17-10-8-7-9-16(17)15(3)21(22)23(4,5)6;1-12-10-11-16-17-15-9-7-6-8-14(15)13(2)18(21(3,4)5)19(17)23-20(16)22-12;1-9-8-13-16-14(10(2)12(4)20-16)11(3)15(17(13)19-9)18(5,6)7;1-11-10-15-16(18(3,4)5)12(2)13-8-6-7-9-14(13)17(15)19-11;1-11-10-15-14-9-7-6-8-13(14)12(2)16(17(15)19-11)18(3,4)5/h7-12H,1-6H3;6-11H,1-5H3;8H,1-7H3;2*6-10H,1-5H3. The number of benzene rings is 10. The van der Waals surface area contributed by atoms with Gasteiger partial charge in [0.05, 0.1) is 5.39 Å². The molecule has 0 saturated carbocycles. The van der Waals surface area contributed by atoms with Gasteiger partial charge in [0.15, 0.2) is 0 Å². The van der Waals surface area contributed by atoms with Gasteiger partial charge >= 0.3 is 0 Å². The minimum atomic E-state index is 0.00921. The van der Waals surface area contributed by atoms with Crippen LogP contribution < -0.4 is 0 Å². The summed E-state index contributed by atoms with van der Waals surface area (Å²) in [5.41, 5.74) is 24.6. The van der Waals surface area contributed by atoms with Gasteiger partial charge in [0.1, 0.15) is 51.0 Å². The van der Waals surface area contributed by atoms with Gasteiger partial charge in [-0.15, -0.1) is 11.3 Å². The van der Waals surface area contributed by atoms with Gasteiger partial charge in [0, 0.05) is 74.9 Å². The van der Waals surface area contributed by atoms with Crippen LogP contribution in [0.1, 0.15) is 205 Å². The van der Waals surface area contributed by atoms with E-state index < -0.39 is 0 Å². The highest BCUT2D eigenvalue weighted by molar-refractivity contribution is 7.26. The number of hydrogen-bond acceptors (Lipinski definition) is 7. The lowest BCUT2D eigenvalue weighted by Crippen LogP contribution is -2.13. The molecule has 0 spiro atoms. The normalized spacial score (nSPS) is 12.6. The van der Waals surface area contributed by atoms with Crippen molar-refractivity contribution in [3.8, 4) is 0 Å². The third kappa shape index (κ3) is 13.0. The molecule has 540 valence electrons. The lowest BCUT2D eigenvalue weighted by Gasteiger charge is -2.24. The van der Waals surface area contributed by atoms with Crippen LogP contribution >= 0.6 is 11.3 Å². The predicted octanol–water partition coefficient (Wildman–Crippen LogP) is 30.2. The summed E-state index contributed by atoms with van der Waals surface area (Å²) < 4.78 is 33.2. The molecule has 0 atom stereocenters. The van der Waals surface area contributed by atoms with E-state index in [0.29, 0.717) is 0 Å².